The van der Waals surface area contributed by atoms with Crippen LogP contribution in [0.15, 0.2) is 18.2 Å². The first-order chi connectivity index (χ1) is 6.13. The second kappa shape index (κ2) is 4.44. The highest BCUT2D eigenvalue weighted by molar-refractivity contribution is 6.33. The van der Waals surface area contributed by atoms with Gasteiger partial charge in [-0.05, 0) is 25.1 Å². The molecule has 0 amide bonds. The van der Waals surface area contributed by atoms with Gasteiger partial charge in [0, 0.05) is 12.6 Å². The van der Waals surface area contributed by atoms with E-state index in [0.717, 1.165) is 0 Å². The molecule has 1 atom stereocenters. The predicted molar refractivity (Wildman–Crippen MR) is 53.5 cm³/mol. The van der Waals surface area contributed by atoms with E-state index in [-0.39, 0.29) is 11.9 Å². The van der Waals surface area contributed by atoms with E-state index in [4.69, 9.17) is 17.3 Å². The summed E-state index contributed by atoms with van der Waals surface area (Å²) in [6.07, 6.45) is 0. The fourth-order valence-corrected chi connectivity index (χ4v) is 1.15. The lowest BCUT2D eigenvalue weighted by Crippen LogP contribution is -2.25. The minimum absolute atomic E-state index is 0.128. The molecule has 13 heavy (non-hydrogen) atoms. The van der Waals surface area contributed by atoms with E-state index in [9.17, 15) is 4.39 Å². The van der Waals surface area contributed by atoms with E-state index in [0.29, 0.717) is 17.3 Å². The summed E-state index contributed by atoms with van der Waals surface area (Å²) >= 11 is 5.79. The van der Waals surface area contributed by atoms with Crippen LogP contribution in [0.3, 0.4) is 0 Å². The van der Waals surface area contributed by atoms with Crippen LogP contribution in [0.2, 0.25) is 5.02 Å². The van der Waals surface area contributed by atoms with Crippen molar-refractivity contribution in [3.05, 3.63) is 29.0 Å². The fourth-order valence-electron chi connectivity index (χ4n) is 0.931. The number of hydrogen-bond acceptors (Lipinski definition) is 2. The zero-order valence-corrected chi connectivity index (χ0v) is 8.11. The predicted octanol–water partition coefficient (Wildman–Crippen LogP) is 2.24. The van der Waals surface area contributed by atoms with Crippen molar-refractivity contribution in [1.82, 2.24) is 0 Å². The molecular weight excluding hydrogens is 191 g/mol. The summed E-state index contributed by atoms with van der Waals surface area (Å²) in [5.74, 6) is -0.337. The van der Waals surface area contributed by atoms with Gasteiger partial charge in [0.1, 0.15) is 5.82 Å². The number of rotatable bonds is 3. The van der Waals surface area contributed by atoms with Gasteiger partial charge in [0.15, 0.2) is 0 Å². The number of anilines is 1. The van der Waals surface area contributed by atoms with Gasteiger partial charge in [-0.25, -0.2) is 4.39 Å². The third kappa shape index (κ3) is 2.86. The van der Waals surface area contributed by atoms with Crippen molar-refractivity contribution in [3.8, 4) is 0 Å². The van der Waals surface area contributed by atoms with E-state index in [1.807, 2.05) is 6.92 Å². The third-order valence-electron chi connectivity index (χ3n) is 1.69. The van der Waals surface area contributed by atoms with Crippen molar-refractivity contribution < 1.29 is 4.39 Å². The van der Waals surface area contributed by atoms with E-state index in [2.05, 4.69) is 5.32 Å². The summed E-state index contributed by atoms with van der Waals surface area (Å²) in [5.41, 5.74) is 6.13. The van der Waals surface area contributed by atoms with Gasteiger partial charge in [0.25, 0.3) is 0 Å². The van der Waals surface area contributed by atoms with E-state index >= 15 is 0 Å². The molecule has 3 N–H and O–H groups in total. The largest absolute Gasteiger partial charge is 0.380 e. The van der Waals surface area contributed by atoms with Crippen molar-refractivity contribution >= 4 is 17.3 Å². The molecule has 0 saturated heterocycles. The Hall–Kier alpha value is -0.800. The number of benzene rings is 1. The fraction of sp³-hybridized carbons (Fsp3) is 0.333. The average molecular weight is 203 g/mol. The van der Waals surface area contributed by atoms with E-state index in [1.54, 1.807) is 6.07 Å². The van der Waals surface area contributed by atoms with E-state index < -0.39 is 0 Å². The summed E-state index contributed by atoms with van der Waals surface area (Å²) in [6, 6.07) is 4.36. The normalized spacial score (nSPS) is 12.6. The molecule has 2 nitrogen and oxygen atoms in total. The van der Waals surface area contributed by atoms with Crippen molar-refractivity contribution in [1.29, 1.82) is 0 Å². The number of nitrogens with two attached hydrogens (primary N) is 1. The highest BCUT2D eigenvalue weighted by Gasteiger charge is 2.04. The summed E-state index contributed by atoms with van der Waals surface area (Å²) < 4.78 is 12.6. The number of hydrogen-bond donors (Lipinski definition) is 2. The van der Waals surface area contributed by atoms with Crippen molar-refractivity contribution in [2.75, 3.05) is 11.9 Å². The van der Waals surface area contributed by atoms with Crippen LogP contribution >= 0.6 is 11.6 Å². The standard InChI is InChI=1S/C9H12ClFN2/c1-6(5-12)13-9-3-2-7(11)4-8(9)10/h2-4,6,13H,5,12H2,1H3. The third-order valence-corrected chi connectivity index (χ3v) is 2.00. The number of halogens is 2. The van der Waals surface area contributed by atoms with Crippen molar-refractivity contribution in [3.63, 3.8) is 0 Å². The molecule has 0 fully saturated rings. The minimum atomic E-state index is -0.337. The lowest BCUT2D eigenvalue weighted by atomic mass is 10.2. The first kappa shape index (κ1) is 10.3. The summed E-state index contributed by atoms with van der Waals surface area (Å²) in [4.78, 5) is 0. The SMILES string of the molecule is CC(CN)Nc1ccc(F)cc1Cl. The Kier molecular flexibility index (Phi) is 3.51. The summed E-state index contributed by atoms with van der Waals surface area (Å²) in [6.45, 7) is 2.44. The van der Waals surface area contributed by atoms with Gasteiger partial charge in [0.05, 0.1) is 10.7 Å². The van der Waals surface area contributed by atoms with E-state index in [1.165, 1.54) is 12.1 Å². The summed E-state index contributed by atoms with van der Waals surface area (Å²) in [5, 5.41) is 3.44. The highest BCUT2D eigenvalue weighted by Crippen LogP contribution is 2.22. The Morgan fingerprint density at radius 1 is 1.62 bits per heavy atom. The van der Waals surface area contributed by atoms with Crippen LogP contribution in [-0.4, -0.2) is 12.6 Å². The Labute approximate surface area is 81.9 Å². The summed E-state index contributed by atoms with van der Waals surface area (Å²) in [7, 11) is 0. The Bertz CT molecular complexity index is 291. The van der Waals surface area contributed by atoms with Gasteiger partial charge in [0.2, 0.25) is 0 Å². The Morgan fingerprint density at radius 2 is 2.31 bits per heavy atom. The minimum Gasteiger partial charge on any atom is -0.380 e. The second-order valence-corrected chi connectivity index (χ2v) is 3.31. The lowest BCUT2D eigenvalue weighted by Gasteiger charge is -2.13. The molecule has 1 rings (SSSR count). The van der Waals surface area contributed by atoms with Crippen LogP contribution in [0.4, 0.5) is 10.1 Å². The van der Waals surface area contributed by atoms with Crippen LogP contribution in [-0.2, 0) is 0 Å². The van der Waals surface area contributed by atoms with Gasteiger partial charge < -0.3 is 11.1 Å². The molecule has 0 aliphatic carbocycles. The van der Waals surface area contributed by atoms with Crippen molar-refractivity contribution in [2.24, 2.45) is 5.73 Å². The maximum Gasteiger partial charge on any atom is 0.124 e. The average Bonchev–Trinajstić information content (AvgIpc) is 2.09. The maximum atomic E-state index is 12.6. The molecule has 0 aliphatic heterocycles. The first-order valence-corrected chi connectivity index (χ1v) is 4.43. The topological polar surface area (TPSA) is 38.0 Å². The molecule has 1 aromatic carbocycles. The molecule has 1 aromatic rings. The Morgan fingerprint density at radius 3 is 2.85 bits per heavy atom. The molecule has 0 bridgehead atoms. The second-order valence-electron chi connectivity index (χ2n) is 2.91. The van der Waals surface area contributed by atoms with Crippen LogP contribution in [0.1, 0.15) is 6.92 Å². The molecular formula is C9H12ClFN2. The molecule has 0 radical (unpaired) electrons. The molecule has 4 heteroatoms. The molecule has 0 aliphatic rings. The maximum absolute atomic E-state index is 12.6. The monoisotopic (exact) mass is 202 g/mol. The molecule has 72 valence electrons. The zero-order valence-electron chi connectivity index (χ0n) is 7.35. The number of nitrogens with one attached hydrogen (secondary N) is 1. The van der Waals surface area contributed by atoms with Gasteiger partial charge in [-0.15, -0.1) is 0 Å². The molecule has 0 saturated carbocycles. The molecule has 0 spiro atoms. The van der Waals surface area contributed by atoms with Gasteiger partial charge in [-0.3, -0.25) is 0 Å². The van der Waals surface area contributed by atoms with Gasteiger partial charge in [-0.1, -0.05) is 11.6 Å². The van der Waals surface area contributed by atoms with Crippen molar-refractivity contribution in [2.45, 2.75) is 13.0 Å². The molecule has 0 aromatic heterocycles. The van der Waals surface area contributed by atoms with Crippen LogP contribution in [0.25, 0.3) is 0 Å². The van der Waals surface area contributed by atoms with Crippen LogP contribution in [0, 0.1) is 5.82 Å². The highest BCUT2D eigenvalue weighted by atomic mass is 35.5. The van der Waals surface area contributed by atoms with Gasteiger partial charge in [-0.2, -0.15) is 0 Å². The molecule has 0 heterocycles. The lowest BCUT2D eigenvalue weighted by molar-refractivity contribution is 0.628. The Balaban J connectivity index is 2.77. The zero-order chi connectivity index (χ0) is 9.84. The van der Waals surface area contributed by atoms with Crippen LogP contribution < -0.4 is 11.1 Å². The quantitative estimate of drug-likeness (QED) is 0.789. The molecule has 1 unspecified atom stereocenters. The van der Waals surface area contributed by atoms with Gasteiger partial charge >= 0.3 is 0 Å². The smallest absolute Gasteiger partial charge is 0.124 e. The first-order valence-electron chi connectivity index (χ1n) is 4.05. The van der Waals surface area contributed by atoms with Crippen LogP contribution in [0.5, 0.6) is 0 Å².